The molecule has 0 aliphatic heterocycles. The third-order valence-corrected chi connectivity index (χ3v) is 9.86. The Hall–Kier alpha value is -6.33. The lowest BCUT2D eigenvalue weighted by molar-refractivity contribution is 0.250. The summed E-state index contributed by atoms with van der Waals surface area (Å²) in [4.78, 5) is 14.2. The number of phenolic OH excluding ortho intramolecular Hbond substituents is 4. The lowest BCUT2D eigenvalue weighted by atomic mass is 9.97. The number of hydrogen-bond acceptors (Lipinski definition) is 7. The molecule has 2 amide bonds. The van der Waals surface area contributed by atoms with Crippen LogP contribution >= 0.6 is 0 Å². The predicted molar refractivity (Wildman–Crippen MR) is 248 cm³/mol. The van der Waals surface area contributed by atoms with Gasteiger partial charge in [-0.25, -0.2) is 4.79 Å². The number of carbonyl (C=O) groups is 1. The van der Waals surface area contributed by atoms with Crippen molar-refractivity contribution in [3.63, 3.8) is 0 Å². The zero-order valence-corrected chi connectivity index (χ0v) is 36.8. The fourth-order valence-corrected chi connectivity index (χ4v) is 6.74. The van der Waals surface area contributed by atoms with Crippen LogP contribution in [0.5, 0.6) is 23.0 Å². The molecule has 0 saturated carbocycles. The van der Waals surface area contributed by atoms with Gasteiger partial charge >= 0.3 is 6.03 Å². The first-order valence-corrected chi connectivity index (χ1v) is 19.8. The number of benzene rings is 4. The van der Waals surface area contributed by atoms with Crippen LogP contribution in [0.3, 0.4) is 0 Å². The molecule has 6 aromatic rings. The number of urea groups is 1. The van der Waals surface area contributed by atoms with E-state index in [0.29, 0.717) is 33.8 Å². The molecule has 0 spiro atoms. The summed E-state index contributed by atoms with van der Waals surface area (Å²) in [6.07, 6.45) is 3.29. The average Bonchev–Trinajstić information content (AvgIpc) is 3.63. The Labute approximate surface area is 349 Å². The van der Waals surface area contributed by atoms with Gasteiger partial charge in [-0.15, -0.1) is 0 Å². The molecule has 6 rings (SSSR count). The molecule has 11 nitrogen and oxygen atoms in total. The molecular formula is C48H64N6O5. The van der Waals surface area contributed by atoms with Gasteiger partial charge in [0.15, 0.2) is 0 Å². The molecule has 0 saturated heterocycles. The maximum Gasteiger partial charge on any atom is 0.326 e. The monoisotopic (exact) mass is 804 g/mol. The Morgan fingerprint density at radius 3 is 1.83 bits per heavy atom. The highest BCUT2D eigenvalue weighted by molar-refractivity contribution is 6.06. The van der Waals surface area contributed by atoms with Crippen molar-refractivity contribution in [3.8, 4) is 23.0 Å². The number of nitrogens with zero attached hydrogens (tertiary/aromatic N) is 3. The standard InChI is InChI=1S/C23H27N3O3.C21H24N2O2.C3H8.CH5N/c1-13(2)17-10-19(22(28)11-21(17)27)15(4)26(23(29)24-5)16-7-8-20-18(9-16)14(3)12-25(20)6;1-12(2)17-10-18(21(25)11-20(17)24)14(4)22-16-6-7-19-15(9-16)8-13(3)23(19)5;1-3-2;1-2/h7-13,27-28H,4H2,1-3,5-6H3,(H,24,29);6-12,22,24-25H,4H2,1-3,5H3;3H2,1-2H3;2H2,1H3. The molecule has 316 valence electrons. The maximum atomic E-state index is 12.8. The molecule has 11 heteroatoms. The van der Waals surface area contributed by atoms with E-state index in [0.717, 1.165) is 33.1 Å². The van der Waals surface area contributed by atoms with Gasteiger partial charge in [0.05, 0.1) is 11.4 Å². The maximum absolute atomic E-state index is 12.8. The molecule has 8 N–H and O–H groups in total. The van der Waals surface area contributed by atoms with E-state index in [2.05, 4.69) is 73.1 Å². The minimum absolute atomic E-state index is 0.0102. The molecule has 0 radical (unpaired) electrons. The number of anilines is 2. The van der Waals surface area contributed by atoms with Crippen molar-refractivity contribution in [2.75, 3.05) is 24.3 Å². The summed E-state index contributed by atoms with van der Waals surface area (Å²) in [6, 6.07) is 19.8. The first kappa shape index (κ1) is 47.0. The first-order valence-electron chi connectivity index (χ1n) is 19.8. The first-order chi connectivity index (χ1) is 27.8. The SMILES string of the molecule is C=C(Nc1ccc2c(c1)cc(C)n2C)c1cc(C(C)C)c(O)cc1O.C=C(c1cc(C(C)C)c(O)cc1O)N(C(=O)NC)c1ccc2c(c1)c(C)cn2C.CCC.CN. The van der Waals surface area contributed by atoms with Gasteiger partial charge in [0.2, 0.25) is 0 Å². The van der Waals surface area contributed by atoms with E-state index >= 15 is 0 Å². The summed E-state index contributed by atoms with van der Waals surface area (Å²) in [7, 11) is 7.07. The summed E-state index contributed by atoms with van der Waals surface area (Å²) in [5.74, 6) is 0.181. The van der Waals surface area contributed by atoms with Gasteiger partial charge in [-0.3, -0.25) is 4.90 Å². The lowest BCUT2D eigenvalue weighted by Crippen LogP contribution is -2.36. The van der Waals surface area contributed by atoms with E-state index in [1.54, 1.807) is 19.2 Å². The van der Waals surface area contributed by atoms with Crippen LogP contribution in [0.4, 0.5) is 16.2 Å². The number of phenols is 4. The number of aromatic nitrogens is 2. The largest absolute Gasteiger partial charge is 0.508 e. The lowest BCUT2D eigenvalue weighted by Gasteiger charge is -2.26. The van der Waals surface area contributed by atoms with Crippen molar-refractivity contribution in [1.29, 1.82) is 0 Å². The molecule has 0 aliphatic carbocycles. The minimum Gasteiger partial charge on any atom is -0.508 e. The van der Waals surface area contributed by atoms with Crippen LogP contribution in [0.25, 0.3) is 33.2 Å². The van der Waals surface area contributed by atoms with Crippen molar-refractivity contribution in [2.24, 2.45) is 19.8 Å². The quantitative estimate of drug-likeness (QED) is 0.0806. The van der Waals surface area contributed by atoms with Gasteiger partial charge in [0.1, 0.15) is 23.0 Å². The summed E-state index contributed by atoms with van der Waals surface area (Å²) < 4.78 is 4.18. The van der Waals surface area contributed by atoms with Crippen molar-refractivity contribution < 1.29 is 25.2 Å². The van der Waals surface area contributed by atoms with E-state index < -0.39 is 0 Å². The Morgan fingerprint density at radius 2 is 1.29 bits per heavy atom. The number of rotatable bonds is 8. The number of amides is 2. The number of nitrogens with one attached hydrogen (secondary N) is 2. The number of fused-ring (bicyclic) bond motifs is 2. The van der Waals surface area contributed by atoms with Crippen LogP contribution in [0, 0.1) is 13.8 Å². The molecule has 2 heterocycles. The summed E-state index contributed by atoms with van der Waals surface area (Å²) in [5.41, 5.74) is 13.9. The molecule has 0 atom stereocenters. The molecule has 59 heavy (non-hydrogen) atoms. The summed E-state index contributed by atoms with van der Waals surface area (Å²) >= 11 is 0. The van der Waals surface area contributed by atoms with Crippen LogP contribution in [-0.2, 0) is 14.1 Å². The third kappa shape index (κ3) is 10.6. The van der Waals surface area contributed by atoms with E-state index in [-0.39, 0.29) is 40.9 Å². The second kappa shape index (κ2) is 20.4. The van der Waals surface area contributed by atoms with Gasteiger partial charge in [0.25, 0.3) is 0 Å². The van der Waals surface area contributed by atoms with Gasteiger partial charge < -0.3 is 45.9 Å². The van der Waals surface area contributed by atoms with E-state index in [9.17, 15) is 25.2 Å². The Bertz CT molecular complexity index is 2440. The molecule has 0 unspecified atom stereocenters. The number of aryl methyl sites for hydroxylation is 4. The zero-order chi connectivity index (χ0) is 44.5. The van der Waals surface area contributed by atoms with Crippen LogP contribution in [-0.4, -0.2) is 49.7 Å². The fourth-order valence-electron chi connectivity index (χ4n) is 6.74. The molecule has 2 aromatic heterocycles. The molecule has 0 fully saturated rings. The smallest absolute Gasteiger partial charge is 0.326 e. The number of nitrogens with two attached hydrogens (primary N) is 1. The van der Waals surface area contributed by atoms with E-state index in [1.807, 2.05) is 83.7 Å². The Balaban J connectivity index is 0.000000287. The Morgan fingerprint density at radius 1 is 0.763 bits per heavy atom. The van der Waals surface area contributed by atoms with Crippen LogP contribution in [0.2, 0.25) is 0 Å². The normalized spacial score (nSPS) is 10.6. The highest BCUT2D eigenvalue weighted by Gasteiger charge is 2.24. The van der Waals surface area contributed by atoms with Crippen molar-refractivity contribution in [3.05, 3.63) is 120 Å². The molecular weight excluding hydrogens is 741 g/mol. The van der Waals surface area contributed by atoms with Crippen molar-refractivity contribution >= 4 is 50.6 Å². The number of carbonyl (C=O) groups excluding carboxylic acids is 1. The molecule has 0 aliphatic rings. The van der Waals surface area contributed by atoms with Crippen molar-refractivity contribution in [1.82, 2.24) is 14.5 Å². The van der Waals surface area contributed by atoms with Crippen LogP contribution in [0.1, 0.15) is 93.3 Å². The fraction of sp³-hybridized carbons (Fsp3) is 0.312. The Kier molecular flexibility index (Phi) is 16.3. The van der Waals surface area contributed by atoms with Gasteiger partial charge in [-0.1, -0.05) is 61.1 Å². The number of hydrogen-bond donors (Lipinski definition) is 7. The highest BCUT2D eigenvalue weighted by atomic mass is 16.3. The van der Waals surface area contributed by atoms with Crippen molar-refractivity contribution in [2.45, 2.75) is 73.6 Å². The van der Waals surface area contributed by atoms with Gasteiger partial charge in [-0.05, 0) is 104 Å². The second-order valence-electron chi connectivity index (χ2n) is 15.1. The van der Waals surface area contributed by atoms with E-state index in [4.69, 9.17) is 0 Å². The van der Waals surface area contributed by atoms with E-state index in [1.165, 1.54) is 41.7 Å². The average molecular weight is 805 g/mol. The molecule has 4 aromatic carbocycles. The summed E-state index contributed by atoms with van der Waals surface area (Å²) in [6.45, 7) is 24.4. The van der Waals surface area contributed by atoms with Crippen LogP contribution in [0.15, 0.2) is 86.1 Å². The third-order valence-electron chi connectivity index (χ3n) is 9.86. The highest BCUT2D eigenvalue weighted by Crippen LogP contribution is 2.39. The van der Waals surface area contributed by atoms with Gasteiger partial charge in [0, 0.05) is 89.5 Å². The second-order valence-corrected chi connectivity index (χ2v) is 15.1. The van der Waals surface area contributed by atoms with Gasteiger partial charge in [-0.2, -0.15) is 0 Å². The number of aromatic hydroxyl groups is 4. The predicted octanol–water partition coefficient (Wildman–Crippen LogP) is 10.9. The van der Waals surface area contributed by atoms with Crippen LogP contribution < -0.4 is 21.3 Å². The molecule has 0 bridgehead atoms. The zero-order valence-electron chi connectivity index (χ0n) is 36.8. The topological polar surface area (TPSA) is 161 Å². The minimum atomic E-state index is -0.374. The summed E-state index contributed by atoms with van der Waals surface area (Å²) in [5, 5.41) is 48.9.